The Morgan fingerprint density at radius 2 is 2.19 bits per heavy atom. The molecule has 6 nitrogen and oxygen atoms in total. The fourth-order valence-electron chi connectivity index (χ4n) is 1.20. The van der Waals surface area contributed by atoms with Crippen molar-refractivity contribution in [1.82, 2.24) is 0 Å². The molecule has 0 aliphatic rings. The second-order valence-corrected chi connectivity index (χ2v) is 2.96. The third kappa shape index (κ3) is 2.04. The molecular formula is C10H9NO5. The highest BCUT2D eigenvalue weighted by Gasteiger charge is 2.22. The lowest BCUT2D eigenvalue weighted by Crippen LogP contribution is -2.12. The van der Waals surface area contributed by atoms with E-state index in [2.05, 4.69) is 0 Å². The Morgan fingerprint density at radius 3 is 2.62 bits per heavy atom. The number of aliphatic hydroxyl groups excluding tert-OH is 1. The zero-order chi connectivity index (χ0) is 12.3. The van der Waals surface area contributed by atoms with Crippen molar-refractivity contribution < 1.29 is 24.9 Å². The second kappa shape index (κ2) is 4.51. The molecule has 84 valence electrons. The molecule has 0 aliphatic heterocycles. The minimum absolute atomic E-state index is 0.00593. The predicted molar refractivity (Wildman–Crippen MR) is 52.0 cm³/mol. The Hall–Kier alpha value is -2.26. The molecule has 0 bridgehead atoms. The molecule has 6 heteroatoms. The Kier molecular flexibility index (Phi) is 3.33. The summed E-state index contributed by atoms with van der Waals surface area (Å²) >= 11 is 0. The lowest BCUT2D eigenvalue weighted by molar-refractivity contribution is -0.147. The Bertz CT molecular complexity index is 463. The highest BCUT2D eigenvalue weighted by atomic mass is 16.5. The van der Waals surface area contributed by atoms with Gasteiger partial charge in [-0.15, -0.1) is 0 Å². The fourth-order valence-corrected chi connectivity index (χ4v) is 1.20. The molecule has 0 heterocycles. The highest BCUT2D eigenvalue weighted by molar-refractivity contribution is 5.76. The van der Waals surface area contributed by atoms with E-state index in [1.165, 1.54) is 7.11 Å². The Labute approximate surface area is 90.9 Å². The predicted octanol–water partition coefficient (Wildman–Crippen LogP) is 0.390. The topological polar surface area (TPSA) is 111 Å². The number of phenolic OH excluding ortho intramolecular Hbond substituents is 1. The molecule has 0 spiro atoms. The summed E-state index contributed by atoms with van der Waals surface area (Å²) in [5.41, 5.74) is -0.208. The summed E-state index contributed by atoms with van der Waals surface area (Å²) in [6.45, 7) is 0. The summed E-state index contributed by atoms with van der Waals surface area (Å²) in [4.78, 5) is 10.6. The van der Waals surface area contributed by atoms with Crippen LogP contribution < -0.4 is 4.74 Å². The van der Waals surface area contributed by atoms with Gasteiger partial charge >= 0.3 is 5.97 Å². The van der Waals surface area contributed by atoms with E-state index in [1.54, 1.807) is 6.07 Å². The van der Waals surface area contributed by atoms with Crippen LogP contribution in [0.1, 0.15) is 17.2 Å². The molecule has 3 N–H and O–H groups in total. The van der Waals surface area contributed by atoms with E-state index in [-0.39, 0.29) is 22.6 Å². The quantitative estimate of drug-likeness (QED) is 0.683. The number of aliphatic hydroxyl groups is 1. The maximum atomic E-state index is 10.6. The third-order valence-corrected chi connectivity index (χ3v) is 2.00. The van der Waals surface area contributed by atoms with Crippen molar-refractivity contribution in [3.63, 3.8) is 0 Å². The van der Waals surface area contributed by atoms with Crippen LogP contribution in [0.2, 0.25) is 0 Å². The number of hydrogen-bond donors (Lipinski definition) is 3. The van der Waals surface area contributed by atoms with Gasteiger partial charge in [0.15, 0.2) is 6.10 Å². The van der Waals surface area contributed by atoms with Crippen molar-refractivity contribution in [1.29, 1.82) is 5.26 Å². The molecule has 0 fully saturated rings. The molecule has 0 saturated heterocycles. The van der Waals surface area contributed by atoms with Crippen LogP contribution in [-0.4, -0.2) is 28.4 Å². The van der Waals surface area contributed by atoms with Crippen molar-refractivity contribution in [3.05, 3.63) is 23.3 Å². The van der Waals surface area contributed by atoms with E-state index in [0.717, 1.165) is 12.1 Å². The summed E-state index contributed by atoms with van der Waals surface area (Å²) < 4.78 is 4.80. The van der Waals surface area contributed by atoms with E-state index in [1.807, 2.05) is 0 Å². The van der Waals surface area contributed by atoms with Gasteiger partial charge in [-0.2, -0.15) is 5.26 Å². The number of carboxylic acid groups (broad SMARTS) is 1. The molecule has 1 aromatic carbocycles. The number of benzene rings is 1. The van der Waals surface area contributed by atoms with Crippen molar-refractivity contribution in [2.24, 2.45) is 0 Å². The molecule has 1 aromatic rings. The van der Waals surface area contributed by atoms with Crippen LogP contribution >= 0.6 is 0 Å². The summed E-state index contributed by atoms with van der Waals surface area (Å²) in [5, 5.41) is 36.0. The molecule has 0 radical (unpaired) electrons. The number of nitrogens with zero attached hydrogens (tertiary/aromatic N) is 1. The zero-order valence-corrected chi connectivity index (χ0v) is 8.34. The maximum absolute atomic E-state index is 10.6. The lowest BCUT2D eigenvalue weighted by atomic mass is 10.0. The van der Waals surface area contributed by atoms with E-state index >= 15 is 0 Å². The average Bonchev–Trinajstić information content (AvgIpc) is 2.27. The first kappa shape index (κ1) is 11.8. The number of aromatic hydroxyl groups is 1. The molecule has 1 rings (SSSR count). The van der Waals surface area contributed by atoms with Gasteiger partial charge in [-0.1, -0.05) is 0 Å². The van der Waals surface area contributed by atoms with Gasteiger partial charge in [0.25, 0.3) is 0 Å². The van der Waals surface area contributed by atoms with E-state index in [0.29, 0.717) is 0 Å². The van der Waals surface area contributed by atoms with Gasteiger partial charge in [-0.3, -0.25) is 0 Å². The first-order valence-corrected chi connectivity index (χ1v) is 4.23. The molecular weight excluding hydrogens is 214 g/mol. The minimum Gasteiger partial charge on any atom is -0.506 e. The summed E-state index contributed by atoms with van der Waals surface area (Å²) in [6.07, 6.45) is -1.80. The number of carboxylic acids is 1. The number of nitriles is 1. The maximum Gasteiger partial charge on any atom is 0.337 e. The SMILES string of the molecule is COc1cc(O)c(C#N)cc1C(O)C(=O)O. The average molecular weight is 223 g/mol. The van der Waals surface area contributed by atoms with Crippen molar-refractivity contribution in [2.45, 2.75) is 6.10 Å². The zero-order valence-electron chi connectivity index (χ0n) is 8.34. The number of aliphatic carboxylic acids is 1. The summed E-state index contributed by atoms with van der Waals surface area (Å²) in [7, 11) is 1.26. The first-order valence-electron chi connectivity index (χ1n) is 4.23. The van der Waals surface area contributed by atoms with Gasteiger partial charge in [0.1, 0.15) is 17.6 Å². The number of ether oxygens (including phenoxy) is 1. The molecule has 1 unspecified atom stereocenters. The number of rotatable bonds is 3. The first-order chi connectivity index (χ1) is 7.51. The molecule has 16 heavy (non-hydrogen) atoms. The second-order valence-electron chi connectivity index (χ2n) is 2.96. The van der Waals surface area contributed by atoms with E-state index in [9.17, 15) is 15.0 Å². The Morgan fingerprint density at radius 1 is 1.56 bits per heavy atom. The van der Waals surface area contributed by atoms with Crippen LogP contribution in [-0.2, 0) is 4.79 Å². The van der Waals surface area contributed by atoms with Crippen molar-refractivity contribution >= 4 is 5.97 Å². The third-order valence-electron chi connectivity index (χ3n) is 2.00. The van der Waals surface area contributed by atoms with E-state index in [4.69, 9.17) is 15.1 Å². The van der Waals surface area contributed by atoms with Gasteiger partial charge in [0.2, 0.25) is 0 Å². The standard InChI is InChI=1S/C10H9NO5/c1-16-8-3-7(12)5(4-11)2-6(8)9(13)10(14)15/h2-3,9,12-13H,1H3,(H,14,15). The monoisotopic (exact) mass is 223 g/mol. The molecule has 0 amide bonds. The molecule has 0 aliphatic carbocycles. The summed E-state index contributed by atoms with van der Waals surface area (Å²) in [6, 6.07) is 3.83. The molecule has 0 saturated carbocycles. The normalized spacial score (nSPS) is 11.6. The Balaban J connectivity index is 3.37. The number of hydrogen-bond acceptors (Lipinski definition) is 5. The summed E-state index contributed by atoms with van der Waals surface area (Å²) in [5.74, 6) is -1.79. The van der Waals surface area contributed by atoms with Gasteiger partial charge in [-0.25, -0.2) is 4.79 Å². The molecule has 1 atom stereocenters. The van der Waals surface area contributed by atoms with Crippen LogP contribution in [0.5, 0.6) is 11.5 Å². The highest BCUT2D eigenvalue weighted by Crippen LogP contribution is 2.31. The number of phenols is 1. The van der Waals surface area contributed by atoms with Crippen LogP contribution in [0.15, 0.2) is 12.1 Å². The van der Waals surface area contributed by atoms with Gasteiger partial charge in [0.05, 0.1) is 12.7 Å². The fraction of sp³-hybridized carbons (Fsp3) is 0.200. The minimum atomic E-state index is -1.80. The van der Waals surface area contributed by atoms with Crippen LogP contribution in [0.4, 0.5) is 0 Å². The largest absolute Gasteiger partial charge is 0.506 e. The van der Waals surface area contributed by atoms with Crippen LogP contribution in [0.3, 0.4) is 0 Å². The van der Waals surface area contributed by atoms with Crippen LogP contribution in [0, 0.1) is 11.3 Å². The smallest absolute Gasteiger partial charge is 0.337 e. The van der Waals surface area contributed by atoms with Gasteiger partial charge in [-0.05, 0) is 6.07 Å². The van der Waals surface area contributed by atoms with Gasteiger partial charge < -0.3 is 20.1 Å². The van der Waals surface area contributed by atoms with Crippen molar-refractivity contribution in [2.75, 3.05) is 7.11 Å². The molecule has 0 aromatic heterocycles. The van der Waals surface area contributed by atoms with Gasteiger partial charge in [0, 0.05) is 11.6 Å². The van der Waals surface area contributed by atoms with E-state index < -0.39 is 12.1 Å². The van der Waals surface area contributed by atoms with Crippen molar-refractivity contribution in [3.8, 4) is 17.6 Å². The number of methoxy groups -OCH3 is 1. The number of carbonyl (C=O) groups is 1. The van der Waals surface area contributed by atoms with Crippen LogP contribution in [0.25, 0.3) is 0 Å². The lowest BCUT2D eigenvalue weighted by Gasteiger charge is -2.12.